The Bertz CT molecular complexity index is 776. The fourth-order valence-electron chi connectivity index (χ4n) is 4.36. The third-order valence-electron chi connectivity index (χ3n) is 6.30. The van der Waals surface area contributed by atoms with E-state index >= 15 is 0 Å². The number of aromatic nitrogens is 3. The molecule has 3 rings (SSSR count). The molecule has 2 saturated carbocycles. The van der Waals surface area contributed by atoms with Gasteiger partial charge in [-0.1, -0.05) is 19.3 Å². The highest BCUT2D eigenvalue weighted by molar-refractivity contribution is 14.0. The molecule has 2 fully saturated rings. The summed E-state index contributed by atoms with van der Waals surface area (Å²) >= 11 is 0. The molecule has 0 aromatic carbocycles. The normalized spacial score (nSPS) is 22.3. The zero-order chi connectivity index (χ0) is 23.1. The van der Waals surface area contributed by atoms with Gasteiger partial charge in [0.05, 0.1) is 0 Å². The number of carbonyl (C=O) groups excluding carboxylic acids is 1. The number of hydrogen-bond acceptors (Lipinski definition) is 5. The number of guanidine groups is 1. The molecule has 0 saturated heterocycles. The number of nitrogens with one attached hydrogen (secondary N) is 3. The number of amides is 1. The van der Waals surface area contributed by atoms with Gasteiger partial charge in [0.1, 0.15) is 18.0 Å². The molecule has 1 heterocycles. The summed E-state index contributed by atoms with van der Waals surface area (Å²) in [4.78, 5) is 16.9. The number of ether oxygens (including phenoxy) is 1. The molecule has 33 heavy (non-hydrogen) atoms. The molecule has 1 aromatic heterocycles. The molecule has 0 atom stereocenters. The van der Waals surface area contributed by atoms with Crippen LogP contribution in [0.25, 0.3) is 0 Å². The molecule has 0 aliphatic heterocycles. The van der Waals surface area contributed by atoms with Gasteiger partial charge in [-0.25, -0.2) is 9.79 Å². The largest absolute Gasteiger partial charge is 0.444 e. The fourth-order valence-corrected chi connectivity index (χ4v) is 4.36. The summed E-state index contributed by atoms with van der Waals surface area (Å²) in [5.41, 5.74) is -0.472. The highest BCUT2D eigenvalue weighted by Gasteiger charge is 2.26. The van der Waals surface area contributed by atoms with Crippen LogP contribution in [0.3, 0.4) is 0 Å². The molecule has 1 aromatic rings. The standard InChI is InChI=1S/C23H41N7O2.HI/c1-16-28-29-20(30(16)5)15-24-21(25-17-9-7-6-8-10-17)26-18-11-13-19(14-12-18)27-22(31)32-23(2,3)4;/h17-19H,6-15H2,1-5H3,(H,27,31)(H2,24,25,26);1H. The minimum absolute atomic E-state index is 0. The van der Waals surface area contributed by atoms with Crippen molar-refractivity contribution in [3.05, 3.63) is 11.6 Å². The van der Waals surface area contributed by atoms with Crippen LogP contribution in [0.2, 0.25) is 0 Å². The number of rotatable bonds is 5. The molecule has 0 radical (unpaired) electrons. The first-order valence-electron chi connectivity index (χ1n) is 12.1. The van der Waals surface area contributed by atoms with E-state index in [1.54, 1.807) is 0 Å². The lowest BCUT2D eigenvalue weighted by Crippen LogP contribution is -2.50. The molecule has 9 nitrogen and oxygen atoms in total. The molecule has 0 spiro atoms. The van der Waals surface area contributed by atoms with E-state index in [9.17, 15) is 4.79 Å². The average molecular weight is 576 g/mol. The molecule has 1 amide bonds. The van der Waals surface area contributed by atoms with Gasteiger partial charge in [0, 0.05) is 25.2 Å². The van der Waals surface area contributed by atoms with Crippen molar-refractivity contribution in [2.24, 2.45) is 12.0 Å². The second-order valence-corrected chi connectivity index (χ2v) is 10.2. The summed E-state index contributed by atoms with van der Waals surface area (Å²) in [7, 11) is 1.97. The number of carbonyl (C=O) groups is 1. The molecule has 188 valence electrons. The Morgan fingerprint density at radius 3 is 2.03 bits per heavy atom. The maximum absolute atomic E-state index is 12.1. The Labute approximate surface area is 215 Å². The summed E-state index contributed by atoms with van der Waals surface area (Å²) in [6, 6.07) is 0.973. The Hall–Kier alpha value is -1.59. The van der Waals surface area contributed by atoms with Crippen LogP contribution in [-0.4, -0.2) is 50.5 Å². The Balaban J connectivity index is 0.00000385. The van der Waals surface area contributed by atoms with E-state index in [1.165, 1.54) is 32.1 Å². The maximum atomic E-state index is 12.1. The molecule has 2 aliphatic carbocycles. The fraction of sp³-hybridized carbons (Fsp3) is 0.826. The second-order valence-electron chi connectivity index (χ2n) is 10.2. The lowest BCUT2D eigenvalue weighted by molar-refractivity contribution is 0.0490. The van der Waals surface area contributed by atoms with Crippen molar-refractivity contribution >= 4 is 36.0 Å². The zero-order valence-electron chi connectivity index (χ0n) is 20.8. The third kappa shape index (κ3) is 9.29. The number of hydrogen-bond donors (Lipinski definition) is 3. The number of halogens is 1. The highest BCUT2D eigenvalue weighted by atomic mass is 127. The number of alkyl carbamates (subject to hydrolysis) is 1. The zero-order valence-corrected chi connectivity index (χ0v) is 23.1. The van der Waals surface area contributed by atoms with Crippen LogP contribution in [0.1, 0.15) is 90.2 Å². The monoisotopic (exact) mass is 575 g/mol. The van der Waals surface area contributed by atoms with E-state index < -0.39 is 5.60 Å². The summed E-state index contributed by atoms with van der Waals surface area (Å²) in [6.07, 6.45) is 9.74. The van der Waals surface area contributed by atoms with Crippen LogP contribution in [0.4, 0.5) is 4.79 Å². The van der Waals surface area contributed by atoms with Crippen molar-refractivity contribution in [2.75, 3.05) is 0 Å². The Kier molecular flexibility index (Phi) is 10.7. The topological polar surface area (TPSA) is 105 Å². The first kappa shape index (κ1) is 27.7. The number of aryl methyl sites for hydroxylation is 1. The molecule has 3 N–H and O–H groups in total. The Morgan fingerprint density at radius 1 is 0.970 bits per heavy atom. The van der Waals surface area contributed by atoms with Crippen molar-refractivity contribution in [3.8, 4) is 0 Å². The predicted molar refractivity (Wildman–Crippen MR) is 141 cm³/mol. The quantitative estimate of drug-likeness (QED) is 0.279. The van der Waals surface area contributed by atoms with Crippen LogP contribution in [-0.2, 0) is 18.3 Å². The predicted octanol–water partition coefficient (Wildman–Crippen LogP) is 3.95. The first-order chi connectivity index (χ1) is 15.2. The average Bonchev–Trinajstić information content (AvgIpc) is 3.05. The summed E-state index contributed by atoms with van der Waals surface area (Å²) in [5, 5.41) is 18.7. The smallest absolute Gasteiger partial charge is 0.407 e. The molecule has 2 aliphatic rings. The van der Waals surface area contributed by atoms with Crippen molar-refractivity contribution in [3.63, 3.8) is 0 Å². The van der Waals surface area contributed by atoms with Crippen LogP contribution in [0.15, 0.2) is 4.99 Å². The summed E-state index contributed by atoms with van der Waals surface area (Å²) < 4.78 is 7.38. The minimum atomic E-state index is -0.472. The van der Waals surface area contributed by atoms with E-state index in [2.05, 4.69) is 26.1 Å². The van der Waals surface area contributed by atoms with Crippen molar-refractivity contribution in [2.45, 2.75) is 116 Å². The van der Waals surface area contributed by atoms with Crippen LogP contribution >= 0.6 is 24.0 Å². The second kappa shape index (κ2) is 12.8. The molecular formula is C23H42IN7O2. The van der Waals surface area contributed by atoms with Gasteiger partial charge in [0.25, 0.3) is 0 Å². The summed E-state index contributed by atoms with van der Waals surface area (Å²) in [5.74, 6) is 2.61. The van der Waals surface area contributed by atoms with Gasteiger partial charge in [0.15, 0.2) is 11.8 Å². The maximum Gasteiger partial charge on any atom is 0.407 e. The van der Waals surface area contributed by atoms with Gasteiger partial charge in [-0.2, -0.15) is 0 Å². The van der Waals surface area contributed by atoms with Gasteiger partial charge >= 0.3 is 6.09 Å². The first-order valence-corrected chi connectivity index (χ1v) is 12.1. The Morgan fingerprint density at radius 2 is 1.52 bits per heavy atom. The molecule has 0 unspecified atom stereocenters. The van der Waals surface area contributed by atoms with E-state index in [4.69, 9.17) is 9.73 Å². The minimum Gasteiger partial charge on any atom is -0.444 e. The van der Waals surface area contributed by atoms with Crippen LogP contribution in [0.5, 0.6) is 0 Å². The van der Waals surface area contributed by atoms with Crippen molar-refractivity contribution in [1.29, 1.82) is 0 Å². The van der Waals surface area contributed by atoms with E-state index in [0.29, 0.717) is 18.6 Å². The van der Waals surface area contributed by atoms with Gasteiger partial charge in [-0.15, -0.1) is 34.2 Å². The highest BCUT2D eigenvalue weighted by Crippen LogP contribution is 2.20. The van der Waals surface area contributed by atoms with E-state index in [-0.39, 0.29) is 36.1 Å². The lowest BCUT2D eigenvalue weighted by Gasteiger charge is -2.32. The van der Waals surface area contributed by atoms with Crippen LogP contribution in [0, 0.1) is 6.92 Å². The SMILES string of the molecule is Cc1nnc(CN=C(NC2CCCCC2)NC2CCC(NC(=O)OC(C)(C)C)CC2)n1C.I. The molecule has 10 heteroatoms. The number of nitrogens with zero attached hydrogens (tertiary/aromatic N) is 4. The van der Waals surface area contributed by atoms with Crippen molar-refractivity contribution < 1.29 is 9.53 Å². The van der Waals surface area contributed by atoms with Crippen molar-refractivity contribution in [1.82, 2.24) is 30.7 Å². The lowest BCUT2D eigenvalue weighted by atomic mass is 9.91. The molecular weight excluding hydrogens is 533 g/mol. The van der Waals surface area contributed by atoms with Crippen LogP contribution < -0.4 is 16.0 Å². The van der Waals surface area contributed by atoms with E-state index in [1.807, 2.05) is 39.3 Å². The van der Waals surface area contributed by atoms with Gasteiger partial charge < -0.3 is 25.3 Å². The molecule has 0 bridgehead atoms. The summed E-state index contributed by atoms with van der Waals surface area (Å²) in [6.45, 7) is 8.10. The van der Waals surface area contributed by atoms with E-state index in [0.717, 1.165) is 43.3 Å². The van der Waals surface area contributed by atoms with Gasteiger partial charge in [0.2, 0.25) is 0 Å². The van der Waals surface area contributed by atoms with Gasteiger partial charge in [-0.05, 0) is 66.2 Å². The third-order valence-corrected chi connectivity index (χ3v) is 6.30. The van der Waals surface area contributed by atoms with Gasteiger partial charge in [-0.3, -0.25) is 0 Å². The number of aliphatic imine (C=N–C) groups is 1.